The van der Waals surface area contributed by atoms with Crippen LogP contribution in [0.4, 0.5) is 0 Å². The van der Waals surface area contributed by atoms with Gasteiger partial charge in [-0.1, -0.05) is 84.9 Å². The molecule has 0 spiro atoms. The molecule has 3 aromatic heterocycles. The number of carbonyl (C=O) groups is 2. The number of aromatic nitrogens is 5. The molecule has 10 nitrogen and oxygen atoms in total. The summed E-state index contributed by atoms with van der Waals surface area (Å²) in [6.07, 6.45) is 9.15. The third-order valence-electron chi connectivity index (χ3n) is 10.8. The molecule has 54 heavy (non-hydrogen) atoms. The van der Waals surface area contributed by atoms with Gasteiger partial charge in [-0.05, 0) is 75.5 Å². The van der Waals surface area contributed by atoms with Crippen LogP contribution in [0.3, 0.4) is 0 Å². The fourth-order valence-corrected chi connectivity index (χ4v) is 7.96. The molecule has 8 rings (SSSR count). The zero-order chi connectivity index (χ0) is 37.2. The minimum absolute atomic E-state index is 0.0299. The molecule has 273 valence electrons. The molecular formula is C44H45N8O2. The van der Waals surface area contributed by atoms with Gasteiger partial charge in [0, 0.05) is 30.4 Å². The number of amides is 2. The van der Waals surface area contributed by atoms with Crippen molar-refractivity contribution in [1.29, 1.82) is 0 Å². The van der Waals surface area contributed by atoms with E-state index in [0.717, 1.165) is 82.2 Å². The average Bonchev–Trinajstić information content (AvgIpc) is 4.05. The summed E-state index contributed by atoms with van der Waals surface area (Å²) in [5, 5.41) is 0. The molecule has 4 atom stereocenters. The third kappa shape index (κ3) is 6.97. The zero-order valence-electron chi connectivity index (χ0n) is 30.7. The lowest BCUT2D eigenvalue weighted by molar-refractivity contribution is -0.137. The van der Waals surface area contributed by atoms with Crippen LogP contribution in [0.25, 0.3) is 33.8 Å². The molecular weight excluding hydrogens is 673 g/mol. The normalized spacial score (nSPS) is 18.3. The van der Waals surface area contributed by atoms with E-state index in [-0.39, 0.29) is 29.9 Å². The lowest BCUT2D eigenvalue weighted by Crippen LogP contribution is -2.40. The maximum atomic E-state index is 13.9. The number of aromatic amines is 2. The van der Waals surface area contributed by atoms with Crippen molar-refractivity contribution >= 4 is 11.8 Å². The molecule has 2 amide bonds. The number of H-pyrrole nitrogens is 2. The smallest absolute Gasteiger partial charge is 0.245 e. The first-order chi connectivity index (χ1) is 26.4. The average molecular weight is 718 g/mol. The maximum Gasteiger partial charge on any atom is 0.245 e. The van der Waals surface area contributed by atoms with Gasteiger partial charge in [0.1, 0.15) is 17.7 Å². The van der Waals surface area contributed by atoms with Crippen LogP contribution >= 0.6 is 0 Å². The van der Waals surface area contributed by atoms with E-state index in [2.05, 4.69) is 41.2 Å². The van der Waals surface area contributed by atoms with Gasteiger partial charge in [-0.15, -0.1) is 0 Å². The first kappa shape index (κ1) is 35.2. The molecule has 5 heterocycles. The summed E-state index contributed by atoms with van der Waals surface area (Å²) in [7, 11) is 3.90. The molecule has 6 aromatic rings. The Morgan fingerprint density at radius 2 is 1.17 bits per heavy atom. The molecule has 3 aromatic carbocycles. The number of hydrogen-bond donors (Lipinski definition) is 2. The fourth-order valence-electron chi connectivity index (χ4n) is 7.96. The third-order valence-corrected chi connectivity index (χ3v) is 10.8. The Morgan fingerprint density at radius 3 is 1.72 bits per heavy atom. The van der Waals surface area contributed by atoms with Crippen molar-refractivity contribution in [3.8, 4) is 33.8 Å². The summed E-state index contributed by atoms with van der Waals surface area (Å²) in [6, 6.07) is 31.5. The van der Waals surface area contributed by atoms with E-state index in [1.807, 2.05) is 120 Å². The summed E-state index contributed by atoms with van der Waals surface area (Å²) in [4.78, 5) is 54.5. The Bertz CT molecular complexity index is 2190. The van der Waals surface area contributed by atoms with Gasteiger partial charge in [-0.3, -0.25) is 19.5 Å². The first-order valence-electron chi connectivity index (χ1n) is 18.7. The lowest BCUT2D eigenvalue weighted by atomic mass is 9.99. The van der Waals surface area contributed by atoms with Crippen LogP contribution in [0.5, 0.6) is 0 Å². The Kier molecular flexibility index (Phi) is 9.93. The fraction of sp³-hybridized carbons (Fsp3) is 0.273. The molecule has 10 heteroatoms. The molecule has 0 unspecified atom stereocenters. The van der Waals surface area contributed by atoms with Gasteiger partial charge >= 0.3 is 0 Å². The van der Waals surface area contributed by atoms with Crippen molar-refractivity contribution in [2.75, 3.05) is 27.2 Å². The van der Waals surface area contributed by atoms with Crippen molar-refractivity contribution in [2.24, 2.45) is 0 Å². The van der Waals surface area contributed by atoms with E-state index in [9.17, 15) is 9.59 Å². The van der Waals surface area contributed by atoms with E-state index in [1.54, 1.807) is 0 Å². The van der Waals surface area contributed by atoms with Crippen LogP contribution in [0, 0.1) is 6.92 Å². The molecule has 2 saturated heterocycles. The Balaban J connectivity index is 0.925. The SMILES string of the molecule is [CH2][C@@H](C(=O)N1CCC[C@H]1c1ncc(-c2ccc(-c3ccc(-c4cnc([C@@H]5CCCN5C(=O)[C@@H](c5ccccc5)N(C)C)[nH]4)cn3)cc2)[nH]1)c1ccccc1. The molecule has 0 saturated carbocycles. The topological polar surface area (TPSA) is 114 Å². The number of carbonyl (C=O) groups excluding carboxylic acids is 2. The van der Waals surface area contributed by atoms with Crippen LogP contribution in [-0.2, 0) is 9.59 Å². The highest BCUT2D eigenvalue weighted by atomic mass is 16.2. The van der Waals surface area contributed by atoms with Crippen LogP contribution in [0.1, 0.15) is 72.5 Å². The number of likely N-dealkylation sites (N-methyl/N-ethyl adjacent to an activating group) is 1. The molecule has 2 fully saturated rings. The molecule has 2 aliphatic heterocycles. The predicted molar refractivity (Wildman–Crippen MR) is 210 cm³/mol. The van der Waals surface area contributed by atoms with Gasteiger partial charge in [0.25, 0.3) is 0 Å². The number of rotatable bonds is 10. The summed E-state index contributed by atoms with van der Waals surface area (Å²) in [5.74, 6) is 1.28. The van der Waals surface area contributed by atoms with Crippen LogP contribution < -0.4 is 0 Å². The Hall–Kier alpha value is -5.87. The highest BCUT2D eigenvalue weighted by Gasteiger charge is 2.37. The monoisotopic (exact) mass is 717 g/mol. The number of benzene rings is 3. The summed E-state index contributed by atoms with van der Waals surface area (Å²) >= 11 is 0. The highest BCUT2D eigenvalue weighted by Crippen LogP contribution is 2.36. The van der Waals surface area contributed by atoms with Gasteiger partial charge in [0.15, 0.2) is 0 Å². The summed E-state index contributed by atoms with van der Waals surface area (Å²) in [6.45, 7) is 5.59. The molecule has 0 bridgehead atoms. The second kappa shape index (κ2) is 15.2. The first-order valence-corrected chi connectivity index (χ1v) is 18.7. The minimum Gasteiger partial charge on any atom is -0.340 e. The van der Waals surface area contributed by atoms with Gasteiger partial charge in [0.05, 0.1) is 47.5 Å². The number of nitrogens with one attached hydrogen (secondary N) is 2. The summed E-state index contributed by atoms with van der Waals surface area (Å²) < 4.78 is 0. The standard InChI is InChI=1S/C44H45N8O2/c1-29(30-12-6-4-7-13-30)43(53)51-24-10-16-38(51)41-46-27-36(48-41)32-20-18-31(19-21-32)35-23-22-34(26-45-35)37-28-47-42(49-37)39-17-11-25-52(39)44(54)40(50(2)3)33-14-8-5-9-15-33/h4-9,12-15,18-23,26-29,38-40H,1,10-11,16-17,24-25H2,2-3H3,(H,46,48)(H,47,49)/t29-,38+,39+,40-/m1/s1. The molecule has 2 aliphatic rings. The van der Waals surface area contributed by atoms with E-state index >= 15 is 0 Å². The largest absolute Gasteiger partial charge is 0.340 e. The number of hydrogen-bond acceptors (Lipinski definition) is 6. The van der Waals surface area contributed by atoms with Crippen molar-refractivity contribution < 1.29 is 9.59 Å². The molecule has 0 aliphatic carbocycles. The number of likely N-dealkylation sites (tertiary alicyclic amines) is 2. The number of pyridine rings is 1. The number of imidazole rings is 2. The van der Waals surface area contributed by atoms with E-state index in [0.29, 0.717) is 13.1 Å². The predicted octanol–water partition coefficient (Wildman–Crippen LogP) is 7.78. The minimum atomic E-state index is -0.449. The van der Waals surface area contributed by atoms with Gasteiger partial charge in [-0.25, -0.2) is 9.97 Å². The maximum absolute atomic E-state index is 13.9. The van der Waals surface area contributed by atoms with Gasteiger partial charge < -0.3 is 19.8 Å². The van der Waals surface area contributed by atoms with Crippen LogP contribution in [0.15, 0.2) is 116 Å². The Morgan fingerprint density at radius 1 is 0.648 bits per heavy atom. The zero-order valence-corrected chi connectivity index (χ0v) is 30.7. The highest BCUT2D eigenvalue weighted by molar-refractivity contribution is 5.85. The van der Waals surface area contributed by atoms with E-state index in [4.69, 9.17) is 15.0 Å². The number of nitrogens with zero attached hydrogens (tertiary/aromatic N) is 6. The van der Waals surface area contributed by atoms with Crippen molar-refractivity contribution in [1.82, 2.24) is 39.6 Å². The second-order valence-electron chi connectivity index (χ2n) is 14.5. The lowest BCUT2D eigenvalue weighted by Gasteiger charge is -2.31. The van der Waals surface area contributed by atoms with Crippen LogP contribution in [0.2, 0.25) is 0 Å². The molecule has 1 radical (unpaired) electrons. The second-order valence-corrected chi connectivity index (χ2v) is 14.5. The van der Waals surface area contributed by atoms with Crippen molar-refractivity contribution in [2.45, 2.75) is 49.7 Å². The van der Waals surface area contributed by atoms with Gasteiger partial charge in [0.2, 0.25) is 11.8 Å². The quantitative estimate of drug-likeness (QED) is 0.150. The van der Waals surface area contributed by atoms with Crippen molar-refractivity contribution in [3.05, 3.63) is 145 Å². The summed E-state index contributed by atoms with van der Waals surface area (Å²) in [5.41, 5.74) is 7.48. The van der Waals surface area contributed by atoms with Crippen LogP contribution in [-0.4, -0.2) is 78.6 Å². The molecule has 2 N–H and O–H groups in total. The Labute approximate surface area is 316 Å². The van der Waals surface area contributed by atoms with Crippen molar-refractivity contribution in [3.63, 3.8) is 0 Å². The van der Waals surface area contributed by atoms with Gasteiger partial charge in [-0.2, -0.15) is 0 Å². The van der Waals surface area contributed by atoms with E-state index in [1.165, 1.54) is 0 Å². The van der Waals surface area contributed by atoms with E-state index < -0.39 is 5.92 Å².